The zero-order chi connectivity index (χ0) is 13.1. The second-order valence-electron chi connectivity index (χ2n) is 4.12. The minimum Gasteiger partial charge on any atom is -0.357 e. The van der Waals surface area contributed by atoms with Gasteiger partial charge in [0.05, 0.1) is 0 Å². The highest BCUT2D eigenvalue weighted by Crippen LogP contribution is 2.20. The van der Waals surface area contributed by atoms with Crippen molar-refractivity contribution in [1.29, 1.82) is 0 Å². The van der Waals surface area contributed by atoms with Crippen LogP contribution in [0.5, 0.6) is 0 Å². The molecule has 18 heavy (non-hydrogen) atoms. The predicted octanol–water partition coefficient (Wildman–Crippen LogP) is 1.09. The summed E-state index contributed by atoms with van der Waals surface area (Å²) >= 11 is 5.76. The highest BCUT2D eigenvalue weighted by atomic mass is 35.5. The number of nitrogens with one attached hydrogen (secondary N) is 1. The highest BCUT2D eigenvalue weighted by molar-refractivity contribution is 6.29. The second-order valence-corrected chi connectivity index (χ2v) is 4.50. The summed E-state index contributed by atoms with van der Waals surface area (Å²) in [6.07, 6.45) is 1.51. The molecule has 1 unspecified atom stereocenters. The third kappa shape index (κ3) is 2.46. The van der Waals surface area contributed by atoms with Crippen molar-refractivity contribution in [3.8, 4) is 0 Å². The Morgan fingerprint density at radius 2 is 2.28 bits per heavy atom. The molecule has 0 aromatic carbocycles. The first-order valence-corrected chi connectivity index (χ1v) is 6.16. The van der Waals surface area contributed by atoms with Crippen LogP contribution in [0.3, 0.4) is 0 Å². The summed E-state index contributed by atoms with van der Waals surface area (Å²) in [7, 11) is 1.57. The molecular weight excluding hydrogens is 254 g/mol. The van der Waals surface area contributed by atoms with Gasteiger partial charge in [-0.05, 0) is 25.0 Å². The minimum absolute atomic E-state index is 0.136. The van der Waals surface area contributed by atoms with Gasteiger partial charge >= 0.3 is 0 Å². The third-order valence-corrected chi connectivity index (χ3v) is 3.21. The SMILES string of the molecule is CNC(=O)C1CCCN1C(=O)c1cccc(Cl)n1. The lowest BCUT2D eigenvalue weighted by molar-refractivity contribution is -0.124. The molecule has 2 heterocycles. The van der Waals surface area contributed by atoms with Crippen molar-refractivity contribution in [2.45, 2.75) is 18.9 Å². The van der Waals surface area contributed by atoms with Crippen LogP contribution in [0.4, 0.5) is 0 Å². The van der Waals surface area contributed by atoms with E-state index in [0.29, 0.717) is 13.0 Å². The molecule has 96 valence electrons. The molecule has 0 bridgehead atoms. The van der Waals surface area contributed by atoms with E-state index in [0.717, 1.165) is 6.42 Å². The lowest BCUT2D eigenvalue weighted by Gasteiger charge is -2.22. The molecule has 0 radical (unpaired) electrons. The second kappa shape index (κ2) is 5.35. The first kappa shape index (κ1) is 12.8. The monoisotopic (exact) mass is 267 g/mol. The molecule has 2 rings (SSSR count). The Balaban J connectivity index is 2.20. The smallest absolute Gasteiger partial charge is 0.273 e. The lowest BCUT2D eigenvalue weighted by Crippen LogP contribution is -2.45. The van der Waals surface area contributed by atoms with E-state index in [1.54, 1.807) is 30.1 Å². The van der Waals surface area contributed by atoms with Crippen LogP contribution >= 0.6 is 11.6 Å². The van der Waals surface area contributed by atoms with Crippen LogP contribution < -0.4 is 5.32 Å². The van der Waals surface area contributed by atoms with Gasteiger partial charge in [-0.3, -0.25) is 9.59 Å². The molecule has 0 saturated carbocycles. The number of hydrogen-bond donors (Lipinski definition) is 1. The number of rotatable bonds is 2. The normalized spacial score (nSPS) is 18.8. The van der Waals surface area contributed by atoms with Crippen LogP contribution in [-0.2, 0) is 4.79 Å². The van der Waals surface area contributed by atoms with Gasteiger partial charge in [0, 0.05) is 13.6 Å². The Morgan fingerprint density at radius 1 is 1.50 bits per heavy atom. The van der Waals surface area contributed by atoms with E-state index in [2.05, 4.69) is 10.3 Å². The Labute approximate surface area is 110 Å². The van der Waals surface area contributed by atoms with E-state index < -0.39 is 6.04 Å². The summed E-state index contributed by atoms with van der Waals surface area (Å²) in [5, 5.41) is 2.85. The van der Waals surface area contributed by atoms with Crippen LogP contribution in [0.2, 0.25) is 5.15 Å². The minimum atomic E-state index is -0.400. The summed E-state index contributed by atoms with van der Waals surface area (Å²) in [6.45, 7) is 0.575. The number of aromatic nitrogens is 1. The number of pyridine rings is 1. The van der Waals surface area contributed by atoms with Gasteiger partial charge in [0.1, 0.15) is 16.9 Å². The number of hydrogen-bond acceptors (Lipinski definition) is 3. The largest absolute Gasteiger partial charge is 0.357 e. The molecule has 1 N–H and O–H groups in total. The lowest BCUT2D eigenvalue weighted by atomic mass is 10.2. The number of amides is 2. The van der Waals surface area contributed by atoms with Gasteiger partial charge in [-0.25, -0.2) is 4.98 Å². The van der Waals surface area contributed by atoms with Gasteiger partial charge < -0.3 is 10.2 Å². The zero-order valence-electron chi connectivity index (χ0n) is 10.0. The van der Waals surface area contributed by atoms with Crippen LogP contribution in [0.25, 0.3) is 0 Å². The summed E-state index contributed by atoms with van der Waals surface area (Å²) in [4.78, 5) is 29.5. The average Bonchev–Trinajstić information content (AvgIpc) is 2.86. The molecule has 0 spiro atoms. The highest BCUT2D eigenvalue weighted by Gasteiger charge is 2.34. The van der Waals surface area contributed by atoms with Crippen molar-refractivity contribution < 1.29 is 9.59 Å². The van der Waals surface area contributed by atoms with Crippen LogP contribution in [0, 0.1) is 0 Å². The standard InChI is InChI=1S/C12H14ClN3O2/c1-14-11(17)9-5-3-7-16(9)12(18)8-4-2-6-10(13)15-8/h2,4,6,9H,3,5,7H2,1H3,(H,14,17). The summed E-state index contributed by atoms with van der Waals surface area (Å²) in [6, 6.07) is 4.49. The number of likely N-dealkylation sites (N-methyl/N-ethyl adjacent to an activating group) is 1. The van der Waals surface area contributed by atoms with Crippen molar-refractivity contribution in [2.75, 3.05) is 13.6 Å². The van der Waals surface area contributed by atoms with Crippen LogP contribution in [-0.4, -0.2) is 41.3 Å². The summed E-state index contributed by atoms with van der Waals surface area (Å²) < 4.78 is 0. The Bertz CT molecular complexity index is 478. The fourth-order valence-electron chi connectivity index (χ4n) is 2.12. The number of carbonyl (C=O) groups is 2. The summed E-state index contributed by atoms with van der Waals surface area (Å²) in [5.41, 5.74) is 0.276. The molecule has 0 aliphatic carbocycles. The molecule has 5 nitrogen and oxygen atoms in total. The van der Waals surface area contributed by atoms with E-state index >= 15 is 0 Å². The van der Waals surface area contributed by atoms with E-state index in [9.17, 15) is 9.59 Å². The van der Waals surface area contributed by atoms with Gasteiger partial charge in [0.25, 0.3) is 5.91 Å². The molecule has 1 fully saturated rings. The Morgan fingerprint density at radius 3 is 2.94 bits per heavy atom. The Hall–Kier alpha value is -1.62. The molecule has 1 aliphatic rings. The number of nitrogens with zero attached hydrogens (tertiary/aromatic N) is 2. The third-order valence-electron chi connectivity index (χ3n) is 3.00. The quantitative estimate of drug-likeness (QED) is 0.816. The molecule has 1 atom stereocenters. The molecule has 1 aliphatic heterocycles. The maximum atomic E-state index is 12.3. The van der Waals surface area contributed by atoms with Gasteiger partial charge in [0.2, 0.25) is 5.91 Å². The number of halogens is 1. The molecular formula is C12H14ClN3O2. The number of likely N-dealkylation sites (tertiary alicyclic amines) is 1. The predicted molar refractivity (Wildman–Crippen MR) is 67.4 cm³/mol. The first-order valence-electron chi connectivity index (χ1n) is 5.78. The van der Waals surface area contributed by atoms with E-state index in [1.807, 2.05) is 0 Å². The first-order chi connectivity index (χ1) is 8.63. The van der Waals surface area contributed by atoms with Crippen molar-refractivity contribution in [3.05, 3.63) is 29.0 Å². The fourth-order valence-corrected chi connectivity index (χ4v) is 2.29. The molecule has 2 amide bonds. The van der Waals surface area contributed by atoms with Crippen LogP contribution in [0.1, 0.15) is 23.3 Å². The van der Waals surface area contributed by atoms with Crippen molar-refractivity contribution >= 4 is 23.4 Å². The van der Waals surface area contributed by atoms with E-state index in [-0.39, 0.29) is 22.7 Å². The molecule has 6 heteroatoms. The fraction of sp³-hybridized carbons (Fsp3) is 0.417. The van der Waals surface area contributed by atoms with Crippen molar-refractivity contribution in [2.24, 2.45) is 0 Å². The van der Waals surface area contributed by atoms with Crippen molar-refractivity contribution in [1.82, 2.24) is 15.2 Å². The maximum absolute atomic E-state index is 12.3. The zero-order valence-corrected chi connectivity index (χ0v) is 10.8. The topological polar surface area (TPSA) is 62.3 Å². The summed E-state index contributed by atoms with van der Waals surface area (Å²) in [5.74, 6) is -0.383. The van der Waals surface area contributed by atoms with E-state index in [1.165, 1.54) is 0 Å². The van der Waals surface area contributed by atoms with Gasteiger partial charge in [-0.1, -0.05) is 17.7 Å². The van der Waals surface area contributed by atoms with Crippen molar-refractivity contribution in [3.63, 3.8) is 0 Å². The van der Waals surface area contributed by atoms with Crippen LogP contribution in [0.15, 0.2) is 18.2 Å². The maximum Gasteiger partial charge on any atom is 0.273 e. The Kier molecular flexibility index (Phi) is 3.81. The molecule has 1 saturated heterocycles. The molecule has 1 aromatic rings. The molecule has 1 aromatic heterocycles. The van der Waals surface area contributed by atoms with Gasteiger partial charge in [-0.15, -0.1) is 0 Å². The van der Waals surface area contributed by atoms with E-state index in [4.69, 9.17) is 11.6 Å². The van der Waals surface area contributed by atoms with Gasteiger partial charge in [0.15, 0.2) is 0 Å². The number of carbonyl (C=O) groups excluding carboxylic acids is 2. The average molecular weight is 268 g/mol. The van der Waals surface area contributed by atoms with Gasteiger partial charge in [-0.2, -0.15) is 0 Å².